The van der Waals surface area contributed by atoms with Crippen molar-refractivity contribution in [2.45, 2.75) is 26.7 Å². The molecule has 0 saturated heterocycles. The molecule has 4 heteroatoms. The maximum atomic E-state index is 11.9. The smallest absolute Gasteiger partial charge is 0.163 e. The molecule has 0 aromatic heterocycles. The van der Waals surface area contributed by atoms with E-state index in [9.17, 15) is 4.79 Å². The van der Waals surface area contributed by atoms with Gasteiger partial charge in [0.1, 0.15) is 0 Å². The van der Waals surface area contributed by atoms with Gasteiger partial charge in [-0.25, -0.2) is 0 Å². The summed E-state index contributed by atoms with van der Waals surface area (Å²) in [6, 6.07) is 5.94. The Labute approximate surface area is 124 Å². The summed E-state index contributed by atoms with van der Waals surface area (Å²) >= 11 is 6.93. The van der Waals surface area contributed by atoms with Crippen molar-refractivity contribution >= 4 is 43.3 Å². The molecular weight excluding hydrogens is 358 g/mol. The van der Waals surface area contributed by atoms with E-state index in [1.165, 1.54) is 0 Å². The first-order valence-electron chi connectivity index (χ1n) is 5.85. The Balaban J connectivity index is 2.18. The van der Waals surface area contributed by atoms with E-state index in [1.807, 2.05) is 32.0 Å². The van der Waals surface area contributed by atoms with Gasteiger partial charge in [-0.15, -0.1) is 0 Å². The number of anilines is 1. The van der Waals surface area contributed by atoms with Crippen LogP contribution >= 0.6 is 31.9 Å². The van der Waals surface area contributed by atoms with Gasteiger partial charge in [-0.3, -0.25) is 4.79 Å². The summed E-state index contributed by atoms with van der Waals surface area (Å²) in [5.41, 5.74) is 1.75. The van der Waals surface area contributed by atoms with Crippen LogP contribution in [-0.2, 0) is 4.79 Å². The van der Waals surface area contributed by atoms with E-state index in [-0.39, 0.29) is 11.2 Å². The van der Waals surface area contributed by atoms with Crippen molar-refractivity contribution in [3.8, 4) is 0 Å². The van der Waals surface area contributed by atoms with Gasteiger partial charge in [-0.1, -0.05) is 29.8 Å². The highest BCUT2D eigenvalue weighted by Gasteiger charge is 2.29. The van der Waals surface area contributed by atoms with E-state index < -0.39 is 0 Å². The lowest BCUT2D eigenvalue weighted by atomic mass is 9.79. The Hall–Kier alpha value is -0.610. The average Bonchev–Trinajstić information content (AvgIpc) is 2.28. The van der Waals surface area contributed by atoms with Gasteiger partial charge in [0.2, 0.25) is 0 Å². The van der Waals surface area contributed by atoms with Crippen LogP contribution in [0.25, 0.3) is 0 Å². The van der Waals surface area contributed by atoms with Gasteiger partial charge < -0.3 is 5.32 Å². The number of rotatable bonds is 2. The number of hydrogen-bond donors (Lipinski definition) is 1. The number of benzene rings is 1. The largest absolute Gasteiger partial charge is 0.358 e. The highest BCUT2D eigenvalue weighted by Crippen LogP contribution is 2.33. The first-order valence-corrected chi connectivity index (χ1v) is 7.44. The van der Waals surface area contributed by atoms with Crippen molar-refractivity contribution in [1.29, 1.82) is 0 Å². The molecule has 0 spiro atoms. The van der Waals surface area contributed by atoms with Crippen molar-refractivity contribution in [3.05, 3.63) is 38.9 Å². The van der Waals surface area contributed by atoms with Crippen molar-refractivity contribution in [2.75, 3.05) is 5.32 Å². The van der Waals surface area contributed by atoms with Crippen LogP contribution in [0.1, 0.15) is 26.7 Å². The van der Waals surface area contributed by atoms with Crippen LogP contribution in [0.2, 0.25) is 0 Å². The fraction of sp³-hybridized carbons (Fsp3) is 0.357. The summed E-state index contributed by atoms with van der Waals surface area (Å²) in [6.07, 6.45) is 3.53. The summed E-state index contributed by atoms with van der Waals surface area (Å²) in [4.78, 5) is 11.9. The van der Waals surface area contributed by atoms with Crippen molar-refractivity contribution in [2.24, 2.45) is 5.41 Å². The van der Waals surface area contributed by atoms with Crippen LogP contribution in [-0.4, -0.2) is 5.78 Å². The summed E-state index contributed by atoms with van der Waals surface area (Å²) in [6.45, 7) is 4.00. The molecule has 0 amide bonds. The summed E-state index contributed by atoms with van der Waals surface area (Å²) in [5.74, 6) is 0.199. The molecule has 1 N–H and O–H groups in total. The van der Waals surface area contributed by atoms with Crippen LogP contribution in [0.4, 0.5) is 5.69 Å². The molecule has 0 fully saturated rings. The quantitative estimate of drug-likeness (QED) is 0.800. The third-order valence-electron chi connectivity index (χ3n) is 3.22. The zero-order valence-electron chi connectivity index (χ0n) is 10.4. The maximum Gasteiger partial charge on any atom is 0.163 e. The first-order chi connectivity index (χ1) is 8.38. The summed E-state index contributed by atoms with van der Waals surface area (Å²) in [5, 5.41) is 3.32. The number of allylic oxidation sites excluding steroid dienone is 2. The molecule has 1 aliphatic rings. The number of hydrogen-bond acceptors (Lipinski definition) is 2. The van der Waals surface area contributed by atoms with Crippen molar-refractivity contribution in [3.63, 3.8) is 0 Å². The number of halogens is 2. The minimum atomic E-state index is -0.220. The lowest BCUT2D eigenvalue weighted by Crippen LogP contribution is -2.27. The Morgan fingerprint density at radius 1 is 1.28 bits per heavy atom. The van der Waals surface area contributed by atoms with E-state index in [2.05, 4.69) is 37.2 Å². The van der Waals surface area contributed by atoms with E-state index in [1.54, 1.807) is 6.08 Å². The van der Waals surface area contributed by atoms with E-state index in [0.29, 0.717) is 0 Å². The fourth-order valence-electron chi connectivity index (χ4n) is 1.86. The first kappa shape index (κ1) is 13.8. The fourth-order valence-corrected chi connectivity index (χ4v) is 3.00. The Morgan fingerprint density at radius 3 is 2.61 bits per heavy atom. The molecule has 18 heavy (non-hydrogen) atoms. The second kappa shape index (κ2) is 5.17. The predicted molar refractivity (Wildman–Crippen MR) is 81.6 cm³/mol. The van der Waals surface area contributed by atoms with Crippen molar-refractivity contribution in [1.82, 2.24) is 0 Å². The van der Waals surface area contributed by atoms with Crippen LogP contribution < -0.4 is 5.32 Å². The Morgan fingerprint density at radius 2 is 2.00 bits per heavy atom. The Bertz CT molecular complexity index is 521. The molecule has 0 saturated carbocycles. The lowest BCUT2D eigenvalue weighted by molar-refractivity contribution is -0.123. The number of nitrogens with one attached hydrogen (secondary N) is 1. The van der Waals surface area contributed by atoms with Crippen LogP contribution in [0, 0.1) is 5.41 Å². The molecule has 0 bridgehead atoms. The molecule has 0 unspecified atom stereocenters. The van der Waals surface area contributed by atoms with Gasteiger partial charge >= 0.3 is 0 Å². The molecule has 0 heterocycles. The number of carbonyl (C=O) groups excluding carboxylic acids is 1. The lowest BCUT2D eigenvalue weighted by Gasteiger charge is -2.27. The number of carbonyl (C=O) groups is 1. The molecule has 0 aliphatic heterocycles. The SMILES string of the molecule is CC1(C)CCC(Nc2ccc(Br)cc2Br)=CC1=O. The third-order valence-corrected chi connectivity index (χ3v) is 4.37. The van der Waals surface area contributed by atoms with Gasteiger partial charge in [0.15, 0.2) is 5.78 Å². The highest BCUT2D eigenvalue weighted by atomic mass is 79.9. The zero-order valence-corrected chi connectivity index (χ0v) is 13.6. The highest BCUT2D eigenvalue weighted by molar-refractivity contribution is 9.11. The molecule has 1 aromatic carbocycles. The van der Waals surface area contributed by atoms with Crippen LogP contribution in [0.3, 0.4) is 0 Å². The van der Waals surface area contributed by atoms with Gasteiger partial charge in [-0.05, 0) is 47.0 Å². The molecular formula is C14H15Br2NO. The molecule has 0 radical (unpaired) electrons. The molecule has 1 aliphatic carbocycles. The summed E-state index contributed by atoms with van der Waals surface area (Å²) in [7, 11) is 0. The Kier molecular flexibility index (Phi) is 3.97. The van der Waals surface area contributed by atoms with E-state index in [0.717, 1.165) is 33.2 Å². The zero-order chi connectivity index (χ0) is 13.3. The van der Waals surface area contributed by atoms with Gasteiger partial charge in [0.25, 0.3) is 0 Å². The minimum Gasteiger partial charge on any atom is -0.358 e. The van der Waals surface area contributed by atoms with E-state index >= 15 is 0 Å². The second-order valence-corrected chi connectivity index (χ2v) is 6.94. The van der Waals surface area contributed by atoms with Gasteiger partial charge in [0.05, 0.1) is 5.69 Å². The third kappa shape index (κ3) is 3.04. The standard InChI is InChI=1S/C14H15Br2NO/c1-14(2)6-5-10(8-13(14)18)17-12-4-3-9(15)7-11(12)16/h3-4,7-8,17H,5-6H2,1-2H3. The average molecular weight is 373 g/mol. The summed E-state index contributed by atoms with van der Waals surface area (Å²) < 4.78 is 2.00. The van der Waals surface area contributed by atoms with Crippen molar-refractivity contribution < 1.29 is 4.79 Å². The minimum absolute atomic E-state index is 0.199. The molecule has 2 rings (SSSR count). The molecule has 0 atom stereocenters. The van der Waals surface area contributed by atoms with Gasteiger partial charge in [0, 0.05) is 26.1 Å². The molecule has 1 aromatic rings. The van der Waals surface area contributed by atoms with Crippen LogP contribution in [0.5, 0.6) is 0 Å². The molecule has 96 valence electrons. The maximum absolute atomic E-state index is 11.9. The number of ketones is 1. The second-order valence-electron chi connectivity index (χ2n) is 5.17. The topological polar surface area (TPSA) is 29.1 Å². The van der Waals surface area contributed by atoms with E-state index in [4.69, 9.17) is 0 Å². The monoisotopic (exact) mass is 371 g/mol. The predicted octanol–water partition coefficient (Wildman–Crippen LogP) is 4.90. The normalized spacial score (nSPS) is 18.4. The molecule has 2 nitrogen and oxygen atoms in total. The van der Waals surface area contributed by atoms with Gasteiger partial charge in [-0.2, -0.15) is 0 Å². The van der Waals surface area contributed by atoms with Crippen LogP contribution in [0.15, 0.2) is 38.9 Å².